The molecule has 1 aromatic rings. The summed E-state index contributed by atoms with van der Waals surface area (Å²) in [6, 6.07) is 7.36. The topological polar surface area (TPSA) is 67.2 Å². The van der Waals surface area contributed by atoms with Crippen molar-refractivity contribution in [1.82, 2.24) is 5.32 Å². The van der Waals surface area contributed by atoms with Crippen molar-refractivity contribution >= 4 is 28.8 Å². The molecule has 0 radical (unpaired) electrons. The first-order valence-corrected chi connectivity index (χ1v) is 6.30. The molecule has 0 aliphatic carbocycles. The molecule has 0 atom stereocenters. The summed E-state index contributed by atoms with van der Waals surface area (Å²) in [6.45, 7) is 5.07. The number of hydrogen-bond donors (Lipinski definition) is 3. The molecule has 4 nitrogen and oxygen atoms in total. The Labute approximate surface area is 113 Å². The third kappa shape index (κ3) is 5.14. The van der Waals surface area contributed by atoms with Crippen molar-refractivity contribution in [3.05, 3.63) is 29.8 Å². The Morgan fingerprint density at radius 3 is 2.44 bits per heavy atom. The molecule has 0 spiro atoms. The fraction of sp³-hybridized carbons (Fsp3) is 0.385. The van der Waals surface area contributed by atoms with Crippen LogP contribution in [-0.4, -0.2) is 24.0 Å². The van der Waals surface area contributed by atoms with Crippen molar-refractivity contribution in [3.8, 4) is 0 Å². The largest absolute Gasteiger partial charge is 0.389 e. The third-order valence-corrected chi connectivity index (χ3v) is 2.57. The van der Waals surface area contributed by atoms with Gasteiger partial charge in [-0.1, -0.05) is 26.1 Å². The van der Waals surface area contributed by atoms with E-state index >= 15 is 0 Å². The lowest BCUT2D eigenvalue weighted by atomic mass is 10.2. The van der Waals surface area contributed by atoms with Gasteiger partial charge in [-0.15, -0.1) is 0 Å². The molecule has 18 heavy (non-hydrogen) atoms. The van der Waals surface area contributed by atoms with Crippen molar-refractivity contribution in [2.24, 2.45) is 11.7 Å². The molecule has 0 fully saturated rings. The van der Waals surface area contributed by atoms with Crippen LogP contribution >= 0.6 is 12.2 Å². The van der Waals surface area contributed by atoms with Gasteiger partial charge < -0.3 is 16.4 Å². The van der Waals surface area contributed by atoms with Crippen LogP contribution in [-0.2, 0) is 4.79 Å². The van der Waals surface area contributed by atoms with Crippen LogP contribution in [0.4, 0.5) is 5.69 Å². The predicted octanol–water partition coefficient (Wildman–Crippen LogP) is 1.50. The molecule has 0 aromatic heterocycles. The molecule has 4 N–H and O–H groups in total. The minimum Gasteiger partial charge on any atom is -0.389 e. The van der Waals surface area contributed by atoms with Gasteiger partial charge in [0.05, 0.1) is 6.54 Å². The first-order valence-electron chi connectivity index (χ1n) is 5.89. The lowest BCUT2D eigenvalue weighted by molar-refractivity contribution is -0.119. The molecular formula is C13H19N3OS. The smallest absolute Gasteiger partial charge is 0.239 e. The molecule has 0 bridgehead atoms. The Kier molecular flexibility index (Phi) is 5.58. The average molecular weight is 265 g/mol. The molecule has 1 aromatic carbocycles. The van der Waals surface area contributed by atoms with E-state index in [4.69, 9.17) is 18.0 Å². The SMILES string of the molecule is CC(C)CNC(=O)CNc1ccc(C(N)=S)cc1. The Balaban J connectivity index is 2.39. The number of anilines is 1. The number of thiocarbonyl (C=S) groups is 1. The van der Waals surface area contributed by atoms with Crippen LogP contribution in [0, 0.1) is 5.92 Å². The number of benzene rings is 1. The van der Waals surface area contributed by atoms with E-state index in [1.165, 1.54) is 0 Å². The number of rotatable bonds is 6. The third-order valence-electron chi connectivity index (χ3n) is 2.33. The summed E-state index contributed by atoms with van der Waals surface area (Å²) >= 11 is 4.86. The van der Waals surface area contributed by atoms with Crippen LogP contribution in [0.15, 0.2) is 24.3 Å². The second-order valence-electron chi connectivity index (χ2n) is 4.49. The fourth-order valence-corrected chi connectivity index (χ4v) is 1.45. The van der Waals surface area contributed by atoms with Gasteiger partial charge in [-0.05, 0) is 30.2 Å². The minimum atomic E-state index is -0.0119. The molecule has 0 aliphatic rings. The summed E-state index contributed by atoms with van der Waals surface area (Å²) < 4.78 is 0. The molecule has 98 valence electrons. The standard InChI is InChI=1S/C13H19N3OS/c1-9(2)7-16-12(17)8-15-11-5-3-10(4-6-11)13(14)18/h3-6,9,15H,7-8H2,1-2H3,(H2,14,18)(H,16,17). The molecule has 1 amide bonds. The van der Waals surface area contributed by atoms with Crippen molar-refractivity contribution < 1.29 is 4.79 Å². The Hall–Kier alpha value is -1.62. The second kappa shape index (κ2) is 6.96. The summed E-state index contributed by atoms with van der Waals surface area (Å²) in [7, 11) is 0. The van der Waals surface area contributed by atoms with E-state index in [0.717, 1.165) is 11.3 Å². The van der Waals surface area contributed by atoms with Crippen molar-refractivity contribution in [2.45, 2.75) is 13.8 Å². The van der Waals surface area contributed by atoms with Gasteiger partial charge in [0, 0.05) is 17.8 Å². The van der Waals surface area contributed by atoms with E-state index in [9.17, 15) is 4.79 Å². The van der Waals surface area contributed by atoms with E-state index in [0.29, 0.717) is 17.5 Å². The van der Waals surface area contributed by atoms with E-state index in [1.807, 2.05) is 24.3 Å². The Morgan fingerprint density at radius 2 is 1.94 bits per heavy atom. The Morgan fingerprint density at radius 1 is 1.33 bits per heavy atom. The van der Waals surface area contributed by atoms with Gasteiger partial charge >= 0.3 is 0 Å². The van der Waals surface area contributed by atoms with Crippen LogP contribution in [0.5, 0.6) is 0 Å². The maximum Gasteiger partial charge on any atom is 0.239 e. The summed E-state index contributed by atoms with van der Waals surface area (Å²) in [6.07, 6.45) is 0. The van der Waals surface area contributed by atoms with Crippen LogP contribution < -0.4 is 16.4 Å². The highest BCUT2D eigenvalue weighted by Gasteiger charge is 2.02. The fourth-order valence-electron chi connectivity index (χ4n) is 1.32. The quantitative estimate of drug-likeness (QED) is 0.682. The first-order chi connectivity index (χ1) is 8.49. The van der Waals surface area contributed by atoms with Crippen LogP contribution in [0.2, 0.25) is 0 Å². The van der Waals surface area contributed by atoms with Gasteiger partial charge in [0.15, 0.2) is 0 Å². The molecule has 1 rings (SSSR count). The van der Waals surface area contributed by atoms with Gasteiger partial charge in [-0.25, -0.2) is 0 Å². The number of nitrogens with two attached hydrogens (primary N) is 1. The predicted molar refractivity (Wildman–Crippen MR) is 78.7 cm³/mol. The minimum absolute atomic E-state index is 0.0119. The highest BCUT2D eigenvalue weighted by atomic mass is 32.1. The van der Waals surface area contributed by atoms with Gasteiger partial charge in [0.1, 0.15) is 4.99 Å². The highest BCUT2D eigenvalue weighted by molar-refractivity contribution is 7.80. The summed E-state index contributed by atoms with van der Waals surface area (Å²) in [5.74, 6) is 0.445. The van der Waals surface area contributed by atoms with Crippen molar-refractivity contribution in [2.75, 3.05) is 18.4 Å². The van der Waals surface area contributed by atoms with Crippen LogP contribution in [0.1, 0.15) is 19.4 Å². The number of hydrogen-bond acceptors (Lipinski definition) is 3. The molecule has 0 unspecified atom stereocenters. The van der Waals surface area contributed by atoms with E-state index in [2.05, 4.69) is 24.5 Å². The van der Waals surface area contributed by atoms with Crippen molar-refractivity contribution in [1.29, 1.82) is 0 Å². The lowest BCUT2D eigenvalue weighted by Crippen LogP contribution is -2.32. The van der Waals surface area contributed by atoms with Gasteiger partial charge in [-0.2, -0.15) is 0 Å². The van der Waals surface area contributed by atoms with Gasteiger partial charge in [0.2, 0.25) is 5.91 Å². The van der Waals surface area contributed by atoms with Gasteiger partial charge in [-0.3, -0.25) is 4.79 Å². The summed E-state index contributed by atoms with van der Waals surface area (Å²) in [4.78, 5) is 11.9. The molecule has 0 saturated heterocycles. The van der Waals surface area contributed by atoms with E-state index in [1.54, 1.807) is 0 Å². The number of carbonyl (C=O) groups excluding carboxylic acids is 1. The van der Waals surface area contributed by atoms with E-state index in [-0.39, 0.29) is 12.5 Å². The Bertz CT molecular complexity index is 415. The molecular weight excluding hydrogens is 246 g/mol. The molecule has 0 aliphatic heterocycles. The van der Waals surface area contributed by atoms with Crippen LogP contribution in [0.3, 0.4) is 0 Å². The average Bonchev–Trinajstić information content (AvgIpc) is 2.34. The summed E-state index contributed by atoms with van der Waals surface area (Å²) in [5, 5.41) is 5.88. The zero-order valence-electron chi connectivity index (χ0n) is 10.7. The number of nitrogens with one attached hydrogen (secondary N) is 2. The maximum atomic E-state index is 11.5. The molecule has 5 heteroatoms. The monoisotopic (exact) mass is 265 g/mol. The number of carbonyl (C=O) groups is 1. The van der Waals surface area contributed by atoms with Gasteiger partial charge in [0.25, 0.3) is 0 Å². The number of amides is 1. The zero-order valence-corrected chi connectivity index (χ0v) is 11.5. The first kappa shape index (κ1) is 14.4. The maximum absolute atomic E-state index is 11.5. The normalized spacial score (nSPS) is 10.2. The van der Waals surface area contributed by atoms with Crippen molar-refractivity contribution in [3.63, 3.8) is 0 Å². The van der Waals surface area contributed by atoms with Crippen LogP contribution in [0.25, 0.3) is 0 Å². The second-order valence-corrected chi connectivity index (χ2v) is 4.93. The molecule has 0 heterocycles. The lowest BCUT2D eigenvalue weighted by Gasteiger charge is -2.09. The zero-order chi connectivity index (χ0) is 13.5. The van der Waals surface area contributed by atoms with E-state index < -0.39 is 0 Å². The highest BCUT2D eigenvalue weighted by Crippen LogP contribution is 2.08. The summed E-state index contributed by atoms with van der Waals surface area (Å²) in [5.41, 5.74) is 7.19. The molecule has 0 saturated carbocycles.